The molecule has 3 aromatic rings. The zero-order valence-corrected chi connectivity index (χ0v) is 14.4. The number of nitrogens with two attached hydrogens (primary N) is 1. The van der Waals surface area contributed by atoms with Crippen LogP contribution in [0.15, 0.2) is 59.2 Å². The summed E-state index contributed by atoms with van der Waals surface area (Å²) in [4.78, 5) is 11.7. The van der Waals surface area contributed by atoms with Gasteiger partial charge in [-0.1, -0.05) is 57.9 Å². The molecule has 0 saturated heterocycles. The van der Waals surface area contributed by atoms with Gasteiger partial charge in [0.2, 0.25) is 0 Å². The molecule has 0 spiro atoms. The van der Waals surface area contributed by atoms with Crippen LogP contribution in [0.1, 0.15) is 15.9 Å². The van der Waals surface area contributed by atoms with Crippen LogP contribution in [0.5, 0.6) is 0 Å². The van der Waals surface area contributed by atoms with Crippen LogP contribution in [0.2, 0.25) is 5.02 Å². The lowest BCUT2D eigenvalue weighted by Gasteiger charge is -2.05. The topological polar surface area (TPSA) is 60.9 Å². The van der Waals surface area contributed by atoms with Crippen molar-refractivity contribution in [2.45, 2.75) is 6.54 Å². The molecule has 1 heterocycles. The molecule has 23 heavy (non-hydrogen) atoms. The number of hydrogen-bond acceptors (Lipinski definition) is 2. The molecule has 2 aromatic carbocycles. The number of carbonyl (C=O) groups excluding carboxylic acids is 1. The first-order valence-electron chi connectivity index (χ1n) is 6.91. The third-order valence-corrected chi connectivity index (χ3v) is 4.28. The third kappa shape index (κ3) is 3.46. The largest absolute Gasteiger partial charge is 0.365 e. The average Bonchev–Trinajstić information content (AvgIpc) is 2.96. The molecular formula is C17H13BrClN3O. The summed E-state index contributed by atoms with van der Waals surface area (Å²) in [6, 6.07) is 15.1. The SMILES string of the molecule is NC(=O)c1cn(Cc2cc(Br)ccc2Cl)nc1-c1ccccc1. The van der Waals surface area contributed by atoms with Crippen LogP contribution in [0.25, 0.3) is 11.3 Å². The number of hydrogen-bond donors (Lipinski definition) is 1. The van der Waals surface area contributed by atoms with E-state index in [0.29, 0.717) is 22.8 Å². The van der Waals surface area contributed by atoms with E-state index >= 15 is 0 Å². The van der Waals surface area contributed by atoms with E-state index in [0.717, 1.165) is 15.6 Å². The molecule has 4 nitrogen and oxygen atoms in total. The van der Waals surface area contributed by atoms with Gasteiger partial charge in [0.1, 0.15) is 5.69 Å². The fourth-order valence-corrected chi connectivity index (χ4v) is 2.92. The van der Waals surface area contributed by atoms with Gasteiger partial charge in [0, 0.05) is 21.3 Å². The van der Waals surface area contributed by atoms with Crippen LogP contribution in [-0.2, 0) is 6.54 Å². The predicted molar refractivity (Wildman–Crippen MR) is 94.4 cm³/mol. The second-order valence-electron chi connectivity index (χ2n) is 5.05. The van der Waals surface area contributed by atoms with E-state index in [2.05, 4.69) is 21.0 Å². The van der Waals surface area contributed by atoms with Crippen molar-refractivity contribution in [3.8, 4) is 11.3 Å². The van der Waals surface area contributed by atoms with Gasteiger partial charge in [-0.25, -0.2) is 0 Å². The highest BCUT2D eigenvalue weighted by Gasteiger charge is 2.16. The van der Waals surface area contributed by atoms with E-state index in [4.69, 9.17) is 17.3 Å². The van der Waals surface area contributed by atoms with Crippen LogP contribution in [0, 0.1) is 0 Å². The molecule has 0 atom stereocenters. The number of benzene rings is 2. The molecule has 0 fully saturated rings. The number of aromatic nitrogens is 2. The number of nitrogens with zero attached hydrogens (tertiary/aromatic N) is 2. The quantitative estimate of drug-likeness (QED) is 0.728. The molecule has 0 saturated carbocycles. The maximum atomic E-state index is 11.7. The number of primary amides is 1. The molecule has 0 aliphatic rings. The zero-order chi connectivity index (χ0) is 16.4. The van der Waals surface area contributed by atoms with Crippen molar-refractivity contribution < 1.29 is 4.79 Å². The van der Waals surface area contributed by atoms with Crippen LogP contribution >= 0.6 is 27.5 Å². The fourth-order valence-electron chi connectivity index (χ4n) is 2.33. The van der Waals surface area contributed by atoms with E-state index in [-0.39, 0.29) is 0 Å². The highest BCUT2D eigenvalue weighted by atomic mass is 79.9. The van der Waals surface area contributed by atoms with Crippen molar-refractivity contribution in [3.63, 3.8) is 0 Å². The Morgan fingerprint density at radius 1 is 1.22 bits per heavy atom. The molecular weight excluding hydrogens is 378 g/mol. The summed E-state index contributed by atoms with van der Waals surface area (Å²) in [5, 5.41) is 5.15. The third-order valence-electron chi connectivity index (χ3n) is 3.41. The lowest BCUT2D eigenvalue weighted by atomic mass is 10.1. The molecule has 1 amide bonds. The van der Waals surface area contributed by atoms with Crippen molar-refractivity contribution in [2.75, 3.05) is 0 Å². The molecule has 0 aliphatic heterocycles. The van der Waals surface area contributed by atoms with Crippen molar-refractivity contribution >= 4 is 33.4 Å². The van der Waals surface area contributed by atoms with Gasteiger partial charge in [0.05, 0.1) is 12.1 Å². The predicted octanol–water partition coefficient (Wildman–Crippen LogP) is 4.11. The monoisotopic (exact) mass is 389 g/mol. The Morgan fingerprint density at radius 3 is 2.65 bits per heavy atom. The van der Waals surface area contributed by atoms with Gasteiger partial charge in [0.15, 0.2) is 0 Å². The molecule has 0 aliphatic carbocycles. The molecule has 0 radical (unpaired) electrons. The lowest BCUT2D eigenvalue weighted by Crippen LogP contribution is -2.11. The number of halogens is 2. The highest BCUT2D eigenvalue weighted by molar-refractivity contribution is 9.10. The summed E-state index contributed by atoms with van der Waals surface area (Å²) in [7, 11) is 0. The van der Waals surface area contributed by atoms with Gasteiger partial charge in [-0.2, -0.15) is 5.10 Å². The summed E-state index contributed by atoms with van der Waals surface area (Å²) in [6.45, 7) is 0.450. The van der Waals surface area contributed by atoms with E-state index in [9.17, 15) is 4.79 Å². The molecule has 6 heteroatoms. The summed E-state index contributed by atoms with van der Waals surface area (Å²) >= 11 is 9.65. The van der Waals surface area contributed by atoms with Gasteiger partial charge < -0.3 is 5.73 Å². The number of carbonyl (C=O) groups is 1. The lowest BCUT2D eigenvalue weighted by molar-refractivity contribution is 0.100. The fraction of sp³-hybridized carbons (Fsp3) is 0.0588. The van der Waals surface area contributed by atoms with Crippen LogP contribution in [0.3, 0.4) is 0 Å². The first-order valence-corrected chi connectivity index (χ1v) is 8.08. The van der Waals surface area contributed by atoms with Crippen molar-refractivity contribution in [3.05, 3.63) is 75.4 Å². The molecule has 1 aromatic heterocycles. The molecule has 0 bridgehead atoms. The summed E-state index contributed by atoms with van der Waals surface area (Å²) < 4.78 is 2.61. The van der Waals surface area contributed by atoms with E-state index < -0.39 is 5.91 Å². The van der Waals surface area contributed by atoms with E-state index in [1.54, 1.807) is 10.9 Å². The Balaban J connectivity index is 2.01. The van der Waals surface area contributed by atoms with Gasteiger partial charge >= 0.3 is 0 Å². The Kier molecular flexibility index (Phi) is 4.50. The first kappa shape index (κ1) is 15.8. The maximum absolute atomic E-state index is 11.7. The van der Waals surface area contributed by atoms with Crippen LogP contribution in [0.4, 0.5) is 0 Å². The second kappa shape index (κ2) is 6.56. The first-order chi connectivity index (χ1) is 11.0. The number of rotatable bonds is 4. The minimum atomic E-state index is -0.504. The smallest absolute Gasteiger partial charge is 0.252 e. The van der Waals surface area contributed by atoms with Gasteiger partial charge in [-0.05, 0) is 23.8 Å². The Hall–Kier alpha value is -2.11. The standard InChI is InChI=1S/C17H13BrClN3O/c18-13-6-7-15(19)12(8-13)9-22-10-14(17(20)23)16(21-22)11-4-2-1-3-5-11/h1-8,10H,9H2,(H2,20,23). The van der Waals surface area contributed by atoms with Gasteiger partial charge in [-0.3, -0.25) is 9.48 Å². The average molecular weight is 391 g/mol. The molecule has 3 rings (SSSR count). The Bertz CT molecular complexity index is 862. The highest BCUT2D eigenvalue weighted by Crippen LogP contribution is 2.25. The molecule has 2 N–H and O–H groups in total. The van der Waals surface area contributed by atoms with Crippen LogP contribution in [-0.4, -0.2) is 15.7 Å². The normalized spacial score (nSPS) is 10.7. The molecule has 0 unspecified atom stereocenters. The van der Waals surface area contributed by atoms with Crippen molar-refractivity contribution in [1.29, 1.82) is 0 Å². The van der Waals surface area contributed by atoms with E-state index in [1.807, 2.05) is 48.5 Å². The second-order valence-corrected chi connectivity index (χ2v) is 6.38. The van der Waals surface area contributed by atoms with Crippen LogP contribution < -0.4 is 5.73 Å². The minimum absolute atomic E-state index is 0.391. The Morgan fingerprint density at radius 2 is 1.96 bits per heavy atom. The number of amides is 1. The van der Waals surface area contributed by atoms with E-state index in [1.165, 1.54) is 0 Å². The summed E-state index contributed by atoms with van der Waals surface area (Å²) in [6.07, 6.45) is 1.65. The molecule has 116 valence electrons. The summed E-state index contributed by atoms with van der Waals surface area (Å²) in [5.41, 5.74) is 8.20. The maximum Gasteiger partial charge on any atom is 0.252 e. The van der Waals surface area contributed by atoms with Gasteiger partial charge in [-0.15, -0.1) is 0 Å². The Labute approximate surface area is 147 Å². The minimum Gasteiger partial charge on any atom is -0.365 e. The summed E-state index contributed by atoms with van der Waals surface area (Å²) in [5.74, 6) is -0.504. The van der Waals surface area contributed by atoms with Gasteiger partial charge in [0.25, 0.3) is 5.91 Å². The van der Waals surface area contributed by atoms with Crippen molar-refractivity contribution in [2.24, 2.45) is 5.73 Å². The zero-order valence-electron chi connectivity index (χ0n) is 12.0. The van der Waals surface area contributed by atoms with Crippen molar-refractivity contribution in [1.82, 2.24) is 9.78 Å².